The van der Waals surface area contributed by atoms with E-state index < -0.39 is 0 Å². The van der Waals surface area contributed by atoms with Crippen LogP contribution in [-0.2, 0) is 4.74 Å². The maximum absolute atomic E-state index is 11.4. The molecular weight excluding hydrogens is 244 g/mol. The fourth-order valence-electron chi connectivity index (χ4n) is 0.904. The van der Waals surface area contributed by atoms with Gasteiger partial charge in [-0.15, -0.1) is 6.58 Å². The molecule has 1 rings (SSSR count). The molecule has 0 heterocycles. The number of ether oxygens (including phenoxy) is 1. The van der Waals surface area contributed by atoms with E-state index in [1.807, 2.05) is 12.1 Å². The summed E-state index contributed by atoms with van der Waals surface area (Å²) in [6.45, 7) is 3.93. The maximum atomic E-state index is 11.4. The Morgan fingerprint density at radius 2 is 2.07 bits per heavy atom. The third-order valence-electron chi connectivity index (χ3n) is 1.64. The summed E-state index contributed by atoms with van der Waals surface area (Å²) in [6, 6.07) is 7.06. The van der Waals surface area contributed by atoms with Gasteiger partial charge in [-0.3, -0.25) is 0 Å². The Bertz CT molecular complexity index is 317. The Morgan fingerprint density at radius 1 is 1.43 bits per heavy atom. The normalized spacial score (nSPS) is 9.50. The van der Waals surface area contributed by atoms with E-state index in [0.717, 1.165) is 4.47 Å². The third-order valence-corrected chi connectivity index (χ3v) is 2.16. The van der Waals surface area contributed by atoms with E-state index in [1.54, 1.807) is 18.2 Å². The van der Waals surface area contributed by atoms with Crippen molar-refractivity contribution in [2.24, 2.45) is 0 Å². The molecule has 0 bridgehead atoms. The van der Waals surface area contributed by atoms with Crippen LogP contribution in [-0.4, -0.2) is 12.6 Å². The Balaban J connectivity index is 2.52. The van der Waals surface area contributed by atoms with Gasteiger partial charge in [-0.25, -0.2) is 4.79 Å². The van der Waals surface area contributed by atoms with E-state index >= 15 is 0 Å². The second-order valence-electron chi connectivity index (χ2n) is 2.72. The highest BCUT2D eigenvalue weighted by molar-refractivity contribution is 9.10. The standard InChI is InChI=1S/C11H11BrO2/c1-2-3-8-14-11(13)9-4-6-10(12)7-5-9/h2,4-7H,1,3,8H2. The number of carbonyl (C=O) groups excluding carboxylic acids is 1. The van der Waals surface area contributed by atoms with Crippen LogP contribution < -0.4 is 0 Å². The average molecular weight is 255 g/mol. The van der Waals surface area contributed by atoms with Crippen molar-refractivity contribution >= 4 is 21.9 Å². The number of benzene rings is 1. The lowest BCUT2D eigenvalue weighted by Gasteiger charge is -2.02. The van der Waals surface area contributed by atoms with Gasteiger partial charge in [-0.05, 0) is 30.7 Å². The van der Waals surface area contributed by atoms with E-state index in [0.29, 0.717) is 18.6 Å². The van der Waals surface area contributed by atoms with Crippen molar-refractivity contribution in [2.75, 3.05) is 6.61 Å². The van der Waals surface area contributed by atoms with Crippen LogP contribution in [0.2, 0.25) is 0 Å². The van der Waals surface area contributed by atoms with E-state index in [9.17, 15) is 4.79 Å². The van der Waals surface area contributed by atoms with Crippen molar-refractivity contribution in [2.45, 2.75) is 6.42 Å². The minimum absolute atomic E-state index is 0.292. The minimum Gasteiger partial charge on any atom is -0.462 e. The van der Waals surface area contributed by atoms with E-state index in [2.05, 4.69) is 22.5 Å². The summed E-state index contributed by atoms with van der Waals surface area (Å²) in [7, 11) is 0. The maximum Gasteiger partial charge on any atom is 0.338 e. The number of halogens is 1. The molecular formula is C11H11BrO2. The lowest BCUT2D eigenvalue weighted by atomic mass is 10.2. The zero-order chi connectivity index (χ0) is 10.4. The second-order valence-corrected chi connectivity index (χ2v) is 3.64. The predicted octanol–water partition coefficient (Wildman–Crippen LogP) is 3.18. The Kier molecular flexibility index (Phi) is 4.40. The highest BCUT2D eigenvalue weighted by atomic mass is 79.9. The van der Waals surface area contributed by atoms with E-state index in [4.69, 9.17) is 4.74 Å². The zero-order valence-corrected chi connectivity index (χ0v) is 9.29. The van der Waals surface area contributed by atoms with Crippen molar-refractivity contribution < 1.29 is 9.53 Å². The second kappa shape index (κ2) is 5.60. The summed E-state index contributed by atoms with van der Waals surface area (Å²) < 4.78 is 5.93. The Morgan fingerprint density at radius 3 is 2.64 bits per heavy atom. The van der Waals surface area contributed by atoms with Crippen molar-refractivity contribution in [1.82, 2.24) is 0 Å². The van der Waals surface area contributed by atoms with E-state index in [-0.39, 0.29) is 5.97 Å². The van der Waals surface area contributed by atoms with Crippen molar-refractivity contribution in [3.63, 3.8) is 0 Å². The van der Waals surface area contributed by atoms with Gasteiger partial charge in [0, 0.05) is 4.47 Å². The first-order chi connectivity index (χ1) is 6.74. The van der Waals surface area contributed by atoms with Crippen LogP contribution in [0.1, 0.15) is 16.8 Å². The van der Waals surface area contributed by atoms with Gasteiger partial charge in [0.1, 0.15) is 0 Å². The molecule has 0 spiro atoms. The first-order valence-electron chi connectivity index (χ1n) is 4.27. The smallest absolute Gasteiger partial charge is 0.338 e. The molecule has 0 aliphatic carbocycles. The summed E-state index contributed by atoms with van der Waals surface area (Å²) in [5.74, 6) is -0.292. The third kappa shape index (κ3) is 3.34. The largest absolute Gasteiger partial charge is 0.462 e. The van der Waals surface area contributed by atoms with Gasteiger partial charge in [0.05, 0.1) is 12.2 Å². The van der Waals surface area contributed by atoms with Crippen molar-refractivity contribution in [3.05, 3.63) is 47.0 Å². The van der Waals surface area contributed by atoms with Gasteiger partial charge >= 0.3 is 5.97 Å². The van der Waals surface area contributed by atoms with E-state index in [1.165, 1.54) is 0 Å². The van der Waals surface area contributed by atoms with Gasteiger partial charge in [0.15, 0.2) is 0 Å². The summed E-state index contributed by atoms with van der Waals surface area (Å²) in [5, 5.41) is 0. The van der Waals surface area contributed by atoms with Crippen molar-refractivity contribution in [3.8, 4) is 0 Å². The van der Waals surface area contributed by atoms with Crippen molar-refractivity contribution in [1.29, 1.82) is 0 Å². The fraction of sp³-hybridized carbons (Fsp3) is 0.182. The predicted molar refractivity (Wildman–Crippen MR) is 59.2 cm³/mol. The Labute approximate surface area is 91.7 Å². The first kappa shape index (κ1) is 11.0. The summed E-state index contributed by atoms with van der Waals surface area (Å²) >= 11 is 3.29. The van der Waals surface area contributed by atoms with Gasteiger partial charge in [0.2, 0.25) is 0 Å². The van der Waals surface area contributed by atoms with Gasteiger partial charge in [-0.1, -0.05) is 22.0 Å². The van der Waals surface area contributed by atoms with Crippen LogP contribution in [0, 0.1) is 0 Å². The van der Waals surface area contributed by atoms with Gasteiger partial charge in [-0.2, -0.15) is 0 Å². The van der Waals surface area contributed by atoms with Crippen LogP contribution in [0.5, 0.6) is 0 Å². The molecule has 0 saturated heterocycles. The van der Waals surface area contributed by atoms with Crippen LogP contribution >= 0.6 is 15.9 Å². The molecule has 0 aliphatic heterocycles. The highest BCUT2D eigenvalue weighted by Crippen LogP contribution is 2.11. The zero-order valence-electron chi connectivity index (χ0n) is 7.70. The molecule has 0 amide bonds. The molecule has 1 aromatic rings. The quantitative estimate of drug-likeness (QED) is 0.469. The molecule has 0 saturated carbocycles. The average Bonchev–Trinajstić information content (AvgIpc) is 2.19. The minimum atomic E-state index is -0.292. The SMILES string of the molecule is C=CCCOC(=O)c1ccc(Br)cc1. The van der Waals surface area contributed by atoms with Crippen LogP contribution in [0.15, 0.2) is 41.4 Å². The molecule has 1 aromatic carbocycles. The molecule has 14 heavy (non-hydrogen) atoms. The molecule has 0 aromatic heterocycles. The first-order valence-corrected chi connectivity index (χ1v) is 5.07. The molecule has 74 valence electrons. The highest BCUT2D eigenvalue weighted by Gasteiger charge is 2.04. The summed E-state index contributed by atoms with van der Waals surface area (Å²) in [5.41, 5.74) is 0.567. The van der Waals surface area contributed by atoms with Gasteiger partial charge in [0.25, 0.3) is 0 Å². The number of hydrogen-bond acceptors (Lipinski definition) is 2. The molecule has 0 atom stereocenters. The molecule has 0 fully saturated rings. The molecule has 0 unspecified atom stereocenters. The van der Waals surface area contributed by atoms with Crippen LogP contribution in [0.3, 0.4) is 0 Å². The van der Waals surface area contributed by atoms with Gasteiger partial charge < -0.3 is 4.74 Å². The molecule has 2 nitrogen and oxygen atoms in total. The number of esters is 1. The number of hydrogen-bond donors (Lipinski definition) is 0. The summed E-state index contributed by atoms with van der Waals surface area (Å²) in [4.78, 5) is 11.4. The lowest BCUT2D eigenvalue weighted by Crippen LogP contribution is -2.05. The molecule has 0 aliphatic rings. The lowest BCUT2D eigenvalue weighted by molar-refractivity contribution is 0.0512. The van der Waals surface area contributed by atoms with Crippen LogP contribution in [0.4, 0.5) is 0 Å². The molecule has 3 heteroatoms. The summed E-state index contributed by atoms with van der Waals surface area (Å²) in [6.07, 6.45) is 2.40. The Hall–Kier alpha value is -1.09. The fourth-order valence-corrected chi connectivity index (χ4v) is 1.17. The molecule has 0 radical (unpaired) electrons. The topological polar surface area (TPSA) is 26.3 Å². The number of carbonyl (C=O) groups is 1. The molecule has 0 N–H and O–H groups in total. The number of rotatable bonds is 4. The van der Waals surface area contributed by atoms with Crippen LogP contribution in [0.25, 0.3) is 0 Å². The monoisotopic (exact) mass is 254 g/mol.